The number of rotatable bonds is 2. The third-order valence-corrected chi connectivity index (χ3v) is 3.61. The molecule has 90 valence electrons. The first-order chi connectivity index (χ1) is 7.64. The zero-order valence-corrected chi connectivity index (χ0v) is 9.37. The molecule has 0 radical (unpaired) electrons. The first kappa shape index (κ1) is 11.2. The number of piperidine rings is 1. The lowest BCUT2D eigenvalue weighted by atomic mass is 9.77. The Hall–Kier alpha value is -1.26. The minimum Gasteiger partial charge on any atom is -0.480 e. The van der Waals surface area contributed by atoms with E-state index in [1.165, 1.54) is 0 Å². The molecule has 0 aromatic heterocycles. The van der Waals surface area contributed by atoms with Crippen molar-refractivity contribution in [2.75, 3.05) is 13.1 Å². The number of aliphatic carboxylic acids is 1. The van der Waals surface area contributed by atoms with Gasteiger partial charge in [0.2, 0.25) is 0 Å². The molecule has 2 fully saturated rings. The monoisotopic (exact) mass is 226 g/mol. The van der Waals surface area contributed by atoms with E-state index in [2.05, 4.69) is 5.32 Å². The third kappa shape index (κ3) is 1.99. The van der Waals surface area contributed by atoms with Gasteiger partial charge < -0.3 is 15.3 Å². The van der Waals surface area contributed by atoms with E-state index >= 15 is 0 Å². The Kier molecular flexibility index (Phi) is 3.03. The Balaban J connectivity index is 1.92. The van der Waals surface area contributed by atoms with Crippen LogP contribution in [0.4, 0.5) is 4.79 Å². The van der Waals surface area contributed by atoms with Gasteiger partial charge in [0.1, 0.15) is 5.54 Å². The van der Waals surface area contributed by atoms with Gasteiger partial charge in [-0.15, -0.1) is 0 Å². The molecule has 0 aromatic rings. The summed E-state index contributed by atoms with van der Waals surface area (Å²) in [5, 5.41) is 11.8. The zero-order chi connectivity index (χ0) is 11.6. The van der Waals surface area contributed by atoms with Gasteiger partial charge in [0.05, 0.1) is 0 Å². The highest BCUT2D eigenvalue weighted by Crippen LogP contribution is 2.32. The van der Waals surface area contributed by atoms with E-state index < -0.39 is 11.5 Å². The number of carboxylic acid groups (broad SMARTS) is 1. The molecular weight excluding hydrogens is 208 g/mol. The van der Waals surface area contributed by atoms with Gasteiger partial charge >= 0.3 is 12.0 Å². The van der Waals surface area contributed by atoms with E-state index in [1.54, 1.807) is 4.90 Å². The fourth-order valence-electron chi connectivity index (χ4n) is 2.30. The van der Waals surface area contributed by atoms with Crippen molar-refractivity contribution in [2.45, 2.75) is 44.1 Å². The minimum absolute atomic E-state index is 0.207. The van der Waals surface area contributed by atoms with Crippen LogP contribution in [-0.4, -0.2) is 40.6 Å². The smallest absolute Gasteiger partial charge is 0.329 e. The Morgan fingerprint density at radius 2 is 1.69 bits per heavy atom. The molecule has 1 saturated heterocycles. The van der Waals surface area contributed by atoms with E-state index in [1.807, 2.05) is 0 Å². The summed E-state index contributed by atoms with van der Waals surface area (Å²) in [5.41, 5.74) is -0.978. The Labute approximate surface area is 94.8 Å². The molecule has 1 aliphatic carbocycles. The number of hydrogen-bond donors (Lipinski definition) is 2. The molecule has 16 heavy (non-hydrogen) atoms. The molecule has 1 heterocycles. The highest BCUT2D eigenvalue weighted by Gasteiger charge is 2.46. The average Bonchev–Trinajstić information content (AvgIpc) is 2.24. The van der Waals surface area contributed by atoms with E-state index in [9.17, 15) is 9.59 Å². The number of carboxylic acids is 1. The molecule has 2 rings (SSSR count). The van der Waals surface area contributed by atoms with Gasteiger partial charge in [-0.2, -0.15) is 0 Å². The SMILES string of the molecule is O=C(NC1(C(=O)O)CCC1)N1CCCCC1. The van der Waals surface area contributed by atoms with Crippen LogP contribution in [0.1, 0.15) is 38.5 Å². The van der Waals surface area contributed by atoms with Crippen LogP contribution < -0.4 is 5.32 Å². The summed E-state index contributed by atoms with van der Waals surface area (Å²) in [6, 6.07) is -0.207. The van der Waals surface area contributed by atoms with Crippen LogP contribution in [0.5, 0.6) is 0 Å². The maximum Gasteiger partial charge on any atom is 0.329 e. The van der Waals surface area contributed by atoms with Gasteiger partial charge in [0, 0.05) is 13.1 Å². The molecule has 0 unspecified atom stereocenters. The van der Waals surface area contributed by atoms with Gasteiger partial charge in [-0.05, 0) is 38.5 Å². The largest absolute Gasteiger partial charge is 0.480 e. The van der Waals surface area contributed by atoms with Gasteiger partial charge in [-0.3, -0.25) is 0 Å². The van der Waals surface area contributed by atoms with Gasteiger partial charge in [-0.1, -0.05) is 0 Å². The predicted octanol–water partition coefficient (Wildman–Crippen LogP) is 1.19. The van der Waals surface area contributed by atoms with E-state index in [-0.39, 0.29) is 6.03 Å². The van der Waals surface area contributed by atoms with Crippen molar-refractivity contribution in [3.8, 4) is 0 Å². The number of hydrogen-bond acceptors (Lipinski definition) is 2. The van der Waals surface area contributed by atoms with Crippen LogP contribution >= 0.6 is 0 Å². The summed E-state index contributed by atoms with van der Waals surface area (Å²) in [7, 11) is 0. The van der Waals surface area contributed by atoms with Crippen LogP contribution in [0.3, 0.4) is 0 Å². The average molecular weight is 226 g/mol. The zero-order valence-electron chi connectivity index (χ0n) is 9.37. The van der Waals surface area contributed by atoms with Crippen LogP contribution in [0.2, 0.25) is 0 Å². The lowest BCUT2D eigenvalue weighted by Crippen LogP contribution is -2.62. The van der Waals surface area contributed by atoms with Crippen LogP contribution in [0.25, 0.3) is 0 Å². The van der Waals surface area contributed by atoms with Gasteiger partial charge in [0.25, 0.3) is 0 Å². The third-order valence-electron chi connectivity index (χ3n) is 3.61. The number of likely N-dealkylation sites (tertiary alicyclic amines) is 1. The van der Waals surface area contributed by atoms with Crippen molar-refractivity contribution in [3.63, 3.8) is 0 Å². The van der Waals surface area contributed by atoms with Gasteiger partial charge in [0.15, 0.2) is 0 Å². The quantitative estimate of drug-likeness (QED) is 0.743. The van der Waals surface area contributed by atoms with Crippen LogP contribution in [0.15, 0.2) is 0 Å². The van der Waals surface area contributed by atoms with E-state index in [0.29, 0.717) is 12.8 Å². The molecule has 5 nitrogen and oxygen atoms in total. The maximum atomic E-state index is 11.9. The summed E-state index contributed by atoms with van der Waals surface area (Å²) in [6.07, 6.45) is 5.20. The molecule has 1 aliphatic heterocycles. The Morgan fingerprint density at radius 3 is 2.12 bits per heavy atom. The standard InChI is InChI=1S/C11H18N2O3/c14-9(15)11(5-4-6-11)12-10(16)13-7-2-1-3-8-13/h1-8H2,(H,12,16)(H,14,15). The molecule has 0 aromatic carbocycles. The number of urea groups is 1. The minimum atomic E-state index is -0.978. The second-order valence-electron chi connectivity index (χ2n) is 4.72. The van der Waals surface area contributed by atoms with E-state index in [4.69, 9.17) is 5.11 Å². The summed E-state index contributed by atoms with van der Waals surface area (Å²) < 4.78 is 0. The molecule has 0 atom stereocenters. The number of carbonyl (C=O) groups is 2. The molecule has 2 N–H and O–H groups in total. The summed E-state index contributed by atoms with van der Waals surface area (Å²) >= 11 is 0. The fourth-order valence-corrected chi connectivity index (χ4v) is 2.30. The molecule has 1 saturated carbocycles. The molecule has 2 amide bonds. The lowest BCUT2D eigenvalue weighted by molar-refractivity contribution is -0.148. The summed E-state index contributed by atoms with van der Waals surface area (Å²) in [6.45, 7) is 1.50. The number of nitrogens with one attached hydrogen (secondary N) is 1. The molecule has 0 spiro atoms. The summed E-state index contributed by atoms with van der Waals surface area (Å²) in [4.78, 5) is 24.7. The highest BCUT2D eigenvalue weighted by molar-refractivity contribution is 5.87. The number of amides is 2. The highest BCUT2D eigenvalue weighted by atomic mass is 16.4. The van der Waals surface area contributed by atoms with Crippen molar-refractivity contribution in [1.29, 1.82) is 0 Å². The van der Waals surface area contributed by atoms with Crippen molar-refractivity contribution < 1.29 is 14.7 Å². The Morgan fingerprint density at radius 1 is 1.06 bits per heavy atom. The molecule has 2 aliphatic rings. The Bertz CT molecular complexity index is 294. The number of nitrogens with zero attached hydrogens (tertiary/aromatic N) is 1. The van der Waals surface area contributed by atoms with Crippen molar-refractivity contribution in [1.82, 2.24) is 10.2 Å². The lowest BCUT2D eigenvalue weighted by Gasteiger charge is -2.40. The van der Waals surface area contributed by atoms with Crippen molar-refractivity contribution in [3.05, 3.63) is 0 Å². The molecule has 5 heteroatoms. The maximum absolute atomic E-state index is 11.9. The summed E-state index contributed by atoms with van der Waals surface area (Å²) in [5.74, 6) is -0.899. The fraction of sp³-hybridized carbons (Fsp3) is 0.818. The first-order valence-corrected chi connectivity index (χ1v) is 5.95. The van der Waals surface area contributed by atoms with Crippen molar-refractivity contribution >= 4 is 12.0 Å². The second kappa shape index (κ2) is 4.31. The van der Waals surface area contributed by atoms with Gasteiger partial charge in [-0.25, -0.2) is 9.59 Å². The van der Waals surface area contributed by atoms with E-state index in [0.717, 1.165) is 38.8 Å². The topological polar surface area (TPSA) is 69.6 Å². The second-order valence-corrected chi connectivity index (χ2v) is 4.72. The normalized spacial score (nSPS) is 23.4. The molecular formula is C11H18N2O3. The predicted molar refractivity (Wildman–Crippen MR) is 58.2 cm³/mol. The van der Waals surface area contributed by atoms with Crippen LogP contribution in [0, 0.1) is 0 Å². The first-order valence-electron chi connectivity index (χ1n) is 5.95. The number of carbonyl (C=O) groups excluding carboxylic acids is 1. The van der Waals surface area contributed by atoms with Crippen molar-refractivity contribution in [2.24, 2.45) is 0 Å². The van der Waals surface area contributed by atoms with Crippen LogP contribution in [-0.2, 0) is 4.79 Å². The molecule has 0 bridgehead atoms.